The van der Waals surface area contributed by atoms with Gasteiger partial charge in [-0.1, -0.05) is 24.3 Å². The Kier molecular flexibility index (Phi) is 5.93. The van der Waals surface area contributed by atoms with Crippen LogP contribution < -0.4 is 4.90 Å². The van der Waals surface area contributed by atoms with Crippen LogP contribution in [0.3, 0.4) is 0 Å². The number of pyridine rings is 1. The van der Waals surface area contributed by atoms with Gasteiger partial charge in [0.1, 0.15) is 10.7 Å². The number of anilines is 1. The van der Waals surface area contributed by atoms with Crippen LogP contribution >= 0.6 is 11.3 Å². The van der Waals surface area contributed by atoms with E-state index in [1.807, 2.05) is 49.4 Å². The summed E-state index contributed by atoms with van der Waals surface area (Å²) >= 11 is 1.36. The van der Waals surface area contributed by atoms with Crippen LogP contribution in [0.15, 0.2) is 54.0 Å². The van der Waals surface area contributed by atoms with E-state index in [1.165, 1.54) is 18.4 Å². The smallest absolute Gasteiger partial charge is 0.307 e. The van der Waals surface area contributed by atoms with E-state index in [9.17, 15) is 9.59 Å². The number of benzene rings is 1. The fourth-order valence-electron chi connectivity index (χ4n) is 2.62. The van der Waals surface area contributed by atoms with E-state index < -0.39 is 0 Å². The highest BCUT2D eigenvalue weighted by Crippen LogP contribution is 2.25. The molecule has 0 aliphatic carbocycles. The third kappa shape index (κ3) is 4.38. The quantitative estimate of drug-likeness (QED) is 0.609. The molecule has 7 heteroatoms. The second-order valence-corrected chi connectivity index (χ2v) is 6.68. The van der Waals surface area contributed by atoms with Gasteiger partial charge in [-0.3, -0.25) is 14.6 Å². The van der Waals surface area contributed by atoms with Crippen molar-refractivity contribution in [3.8, 4) is 10.7 Å². The molecule has 6 nitrogen and oxygen atoms in total. The molecule has 0 radical (unpaired) electrons. The Morgan fingerprint density at radius 1 is 1.15 bits per heavy atom. The van der Waals surface area contributed by atoms with Crippen molar-refractivity contribution in [2.24, 2.45) is 0 Å². The summed E-state index contributed by atoms with van der Waals surface area (Å²) < 4.78 is 4.72. The van der Waals surface area contributed by atoms with E-state index >= 15 is 0 Å². The summed E-state index contributed by atoms with van der Waals surface area (Å²) in [4.78, 5) is 35.0. The third-order valence-corrected chi connectivity index (χ3v) is 4.89. The molecule has 2 heterocycles. The molecule has 3 rings (SSSR count). The fraction of sp³-hybridized carbons (Fsp3) is 0.200. The molecular weight excluding hydrogens is 362 g/mol. The number of hydrogen-bond donors (Lipinski definition) is 0. The van der Waals surface area contributed by atoms with E-state index in [0.29, 0.717) is 10.7 Å². The van der Waals surface area contributed by atoms with Crippen molar-refractivity contribution in [3.63, 3.8) is 0 Å². The zero-order chi connectivity index (χ0) is 19.2. The number of carbonyl (C=O) groups is 2. The lowest BCUT2D eigenvalue weighted by molar-refractivity contribution is -0.140. The summed E-state index contributed by atoms with van der Waals surface area (Å²) in [6.07, 6.45) is 1.79. The van der Waals surface area contributed by atoms with Gasteiger partial charge in [0.05, 0.1) is 19.2 Å². The predicted molar refractivity (Wildman–Crippen MR) is 105 cm³/mol. The van der Waals surface area contributed by atoms with Gasteiger partial charge in [-0.15, -0.1) is 11.3 Å². The molecule has 27 heavy (non-hydrogen) atoms. The van der Waals surface area contributed by atoms with Gasteiger partial charge in [0.15, 0.2) is 0 Å². The van der Waals surface area contributed by atoms with E-state index in [1.54, 1.807) is 16.5 Å². The third-order valence-electron chi connectivity index (χ3n) is 4.03. The lowest BCUT2D eigenvalue weighted by Crippen LogP contribution is -2.34. The molecule has 1 amide bonds. The Morgan fingerprint density at radius 2 is 1.93 bits per heavy atom. The number of esters is 1. The second kappa shape index (κ2) is 8.55. The molecule has 3 aromatic rings. The van der Waals surface area contributed by atoms with Crippen molar-refractivity contribution in [1.82, 2.24) is 9.97 Å². The minimum absolute atomic E-state index is 0.105. The van der Waals surface area contributed by atoms with Crippen LogP contribution in [0.1, 0.15) is 22.5 Å². The molecule has 0 atom stereocenters. The summed E-state index contributed by atoms with van der Waals surface area (Å²) in [5.41, 5.74) is 2.74. The zero-order valence-corrected chi connectivity index (χ0v) is 15.9. The Labute approximate surface area is 161 Å². The van der Waals surface area contributed by atoms with Crippen LogP contribution in [0.4, 0.5) is 5.69 Å². The van der Waals surface area contributed by atoms with Crippen molar-refractivity contribution in [2.45, 2.75) is 13.3 Å². The molecule has 0 saturated carbocycles. The van der Waals surface area contributed by atoms with Gasteiger partial charge < -0.3 is 9.64 Å². The Morgan fingerprint density at radius 3 is 2.63 bits per heavy atom. The first-order chi connectivity index (χ1) is 13.1. The van der Waals surface area contributed by atoms with Crippen molar-refractivity contribution in [2.75, 3.05) is 18.6 Å². The molecule has 1 aromatic carbocycles. The fourth-order valence-corrected chi connectivity index (χ4v) is 3.39. The molecule has 0 aliphatic rings. The van der Waals surface area contributed by atoms with Crippen LogP contribution in [0.2, 0.25) is 0 Å². The van der Waals surface area contributed by atoms with Gasteiger partial charge in [-0.2, -0.15) is 0 Å². The van der Waals surface area contributed by atoms with Crippen molar-refractivity contribution in [3.05, 3.63) is 65.3 Å². The summed E-state index contributed by atoms with van der Waals surface area (Å²) in [6.45, 7) is 2.14. The Bertz CT molecular complexity index is 940. The SMILES string of the molecule is COC(=O)CCN(C(=O)c1csc(-c2ccccn2)n1)c1ccccc1C. The van der Waals surface area contributed by atoms with Crippen molar-refractivity contribution in [1.29, 1.82) is 0 Å². The van der Waals surface area contributed by atoms with Crippen molar-refractivity contribution >= 4 is 28.9 Å². The molecule has 0 N–H and O–H groups in total. The first-order valence-corrected chi connectivity index (χ1v) is 9.29. The monoisotopic (exact) mass is 381 g/mol. The zero-order valence-electron chi connectivity index (χ0n) is 15.1. The minimum atomic E-state index is -0.367. The molecule has 0 unspecified atom stereocenters. The largest absolute Gasteiger partial charge is 0.469 e. The first-order valence-electron chi connectivity index (χ1n) is 8.41. The van der Waals surface area contributed by atoms with Gasteiger partial charge >= 0.3 is 5.97 Å². The number of amides is 1. The molecule has 0 spiro atoms. The molecule has 0 bridgehead atoms. The summed E-state index contributed by atoms with van der Waals surface area (Å²) in [5.74, 6) is -0.625. The normalized spacial score (nSPS) is 10.4. The number of aryl methyl sites for hydroxylation is 1. The average molecular weight is 381 g/mol. The maximum Gasteiger partial charge on any atom is 0.307 e. The van der Waals surface area contributed by atoms with Crippen LogP contribution in [0, 0.1) is 6.92 Å². The van der Waals surface area contributed by atoms with Crippen LogP contribution in [-0.2, 0) is 9.53 Å². The second-order valence-electron chi connectivity index (χ2n) is 5.82. The summed E-state index contributed by atoms with van der Waals surface area (Å²) in [6, 6.07) is 13.1. The Balaban J connectivity index is 1.90. The van der Waals surface area contributed by atoms with E-state index in [-0.39, 0.29) is 24.8 Å². The number of thiazole rings is 1. The average Bonchev–Trinajstić information content (AvgIpc) is 3.20. The number of aromatic nitrogens is 2. The predicted octanol–water partition coefficient (Wildman–Crippen LogP) is 3.72. The van der Waals surface area contributed by atoms with E-state index in [2.05, 4.69) is 9.97 Å². The highest BCUT2D eigenvalue weighted by atomic mass is 32.1. The van der Waals surface area contributed by atoms with Gasteiger partial charge in [0.25, 0.3) is 5.91 Å². The maximum atomic E-state index is 13.1. The van der Waals surface area contributed by atoms with E-state index in [0.717, 1.165) is 16.9 Å². The number of ether oxygens (including phenoxy) is 1. The first kappa shape index (κ1) is 18.7. The standard InChI is InChI=1S/C20H19N3O3S/c1-14-7-3-4-9-17(14)23(12-10-18(24)26-2)20(25)16-13-27-19(22-16)15-8-5-6-11-21-15/h3-9,11,13H,10,12H2,1-2H3. The van der Waals surface area contributed by atoms with Gasteiger partial charge in [-0.05, 0) is 30.7 Å². The lowest BCUT2D eigenvalue weighted by atomic mass is 10.1. The molecule has 138 valence electrons. The summed E-state index contributed by atoms with van der Waals surface area (Å²) in [7, 11) is 1.34. The van der Waals surface area contributed by atoms with Gasteiger partial charge in [-0.25, -0.2) is 4.98 Å². The van der Waals surface area contributed by atoms with Crippen LogP contribution in [0.25, 0.3) is 10.7 Å². The number of methoxy groups -OCH3 is 1. The van der Waals surface area contributed by atoms with Crippen LogP contribution in [-0.4, -0.2) is 35.5 Å². The van der Waals surface area contributed by atoms with Gasteiger partial charge in [0, 0.05) is 23.8 Å². The molecule has 0 fully saturated rings. The molecular formula is C20H19N3O3S. The van der Waals surface area contributed by atoms with Crippen LogP contribution in [0.5, 0.6) is 0 Å². The molecule has 2 aromatic heterocycles. The molecule has 0 aliphatic heterocycles. The molecule has 0 saturated heterocycles. The highest BCUT2D eigenvalue weighted by Gasteiger charge is 2.23. The highest BCUT2D eigenvalue weighted by molar-refractivity contribution is 7.13. The number of rotatable bonds is 6. The maximum absolute atomic E-state index is 13.1. The van der Waals surface area contributed by atoms with E-state index in [4.69, 9.17) is 4.74 Å². The number of carbonyl (C=O) groups excluding carboxylic acids is 2. The van der Waals surface area contributed by atoms with Crippen molar-refractivity contribution < 1.29 is 14.3 Å². The lowest BCUT2D eigenvalue weighted by Gasteiger charge is -2.23. The summed E-state index contributed by atoms with van der Waals surface area (Å²) in [5, 5.41) is 2.40. The number of para-hydroxylation sites is 1. The minimum Gasteiger partial charge on any atom is -0.469 e. The Hall–Kier alpha value is -3.06. The number of hydrogen-bond acceptors (Lipinski definition) is 6. The van der Waals surface area contributed by atoms with Gasteiger partial charge in [0.2, 0.25) is 0 Å². The topological polar surface area (TPSA) is 72.4 Å². The number of nitrogens with zero attached hydrogens (tertiary/aromatic N) is 3.